The molecule has 1 aromatic rings. The monoisotopic (exact) mass is 265 g/mol. The van der Waals surface area contributed by atoms with Gasteiger partial charge in [0.2, 0.25) is 0 Å². The molecule has 0 fully saturated rings. The average Bonchev–Trinajstić information content (AvgIpc) is 2.34. The van der Waals surface area contributed by atoms with Gasteiger partial charge in [0.15, 0.2) is 0 Å². The van der Waals surface area contributed by atoms with Gasteiger partial charge in [-0.25, -0.2) is 4.79 Å². The zero-order valence-electron chi connectivity index (χ0n) is 11.2. The van der Waals surface area contributed by atoms with Crippen LogP contribution in [0.3, 0.4) is 0 Å². The van der Waals surface area contributed by atoms with Crippen molar-refractivity contribution in [3.8, 4) is 5.75 Å². The molecule has 0 atom stereocenters. The van der Waals surface area contributed by atoms with Gasteiger partial charge in [-0.3, -0.25) is 5.32 Å². The van der Waals surface area contributed by atoms with Crippen molar-refractivity contribution in [3.05, 3.63) is 23.8 Å². The van der Waals surface area contributed by atoms with Gasteiger partial charge in [-0.1, -0.05) is 12.1 Å². The molecule has 19 heavy (non-hydrogen) atoms. The van der Waals surface area contributed by atoms with E-state index in [4.69, 9.17) is 14.6 Å². The second-order valence-electron chi connectivity index (χ2n) is 4.98. The van der Waals surface area contributed by atoms with Crippen LogP contribution >= 0.6 is 0 Å². The van der Waals surface area contributed by atoms with Crippen molar-refractivity contribution >= 4 is 11.8 Å². The molecule has 1 amide bonds. The molecule has 2 rings (SSSR count). The second-order valence-corrected chi connectivity index (χ2v) is 4.98. The van der Waals surface area contributed by atoms with E-state index < -0.39 is 11.7 Å². The van der Waals surface area contributed by atoms with Gasteiger partial charge < -0.3 is 14.6 Å². The van der Waals surface area contributed by atoms with E-state index in [1.54, 1.807) is 0 Å². The van der Waals surface area contributed by atoms with Gasteiger partial charge in [0.25, 0.3) is 0 Å². The van der Waals surface area contributed by atoms with Gasteiger partial charge in [-0.05, 0) is 32.8 Å². The van der Waals surface area contributed by atoms with Crippen LogP contribution < -0.4 is 10.1 Å². The summed E-state index contributed by atoms with van der Waals surface area (Å²) in [5.41, 5.74) is 0.904. The predicted octanol–water partition coefficient (Wildman–Crippen LogP) is 2.64. The number of nitrogens with one attached hydrogen (secondary N) is 1. The first-order valence-electron chi connectivity index (χ1n) is 6.42. The van der Waals surface area contributed by atoms with Crippen LogP contribution in [-0.2, 0) is 10.3 Å². The molecule has 0 saturated heterocycles. The van der Waals surface area contributed by atoms with Crippen LogP contribution in [-0.4, -0.2) is 24.4 Å². The van der Waals surface area contributed by atoms with Crippen molar-refractivity contribution in [1.82, 2.24) is 0 Å². The van der Waals surface area contributed by atoms with Crippen molar-refractivity contribution in [2.24, 2.45) is 0 Å². The molecule has 104 valence electrons. The Morgan fingerprint density at radius 2 is 2.16 bits per heavy atom. The molecule has 1 aliphatic heterocycles. The number of benzene rings is 1. The highest BCUT2D eigenvalue weighted by Crippen LogP contribution is 2.40. The number of carbonyl (C=O) groups excluding carboxylic acids is 1. The van der Waals surface area contributed by atoms with Crippen molar-refractivity contribution in [3.63, 3.8) is 0 Å². The first kappa shape index (κ1) is 13.7. The molecule has 0 aliphatic carbocycles. The summed E-state index contributed by atoms with van der Waals surface area (Å²) >= 11 is 0. The Labute approximate surface area is 112 Å². The lowest BCUT2D eigenvalue weighted by molar-refractivity contribution is 0.0416. The van der Waals surface area contributed by atoms with E-state index in [2.05, 4.69) is 5.32 Å². The summed E-state index contributed by atoms with van der Waals surface area (Å²) in [7, 11) is 0. The number of fused-ring (bicyclic) bond motifs is 1. The molecule has 0 saturated carbocycles. The van der Waals surface area contributed by atoms with Crippen LogP contribution in [0.1, 0.15) is 32.3 Å². The fraction of sp³-hybridized carbons (Fsp3) is 0.500. The number of carbonyl (C=O) groups is 1. The van der Waals surface area contributed by atoms with Gasteiger partial charge in [-0.2, -0.15) is 0 Å². The molecule has 5 nitrogen and oxygen atoms in total. The zero-order valence-corrected chi connectivity index (χ0v) is 11.2. The van der Waals surface area contributed by atoms with Gasteiger partial charge in [0, 0.05) is 12.2 Å². The number of amides is 1. The van der Waals surface area contributed by atoms with E-state index in [-0.39, 0.29) is 6.61 Å². The van der Waals surface area contributed by atoms with Crippen LogP contribution in [0.5, 0.6) is 5.75 Å². The zero-order chi connectivity index (χ0) is 13.9. The lowest BCUT2D eigenvalue weighted by Gasteiger charge is -2.33. The van der Waals surface area contributed by atoms with Gasteiger partial charge in [0.1, 0.15) is 11.4 Å². The number of anilines is 1. The third-order valence-electron chi connectivity index (χ3n) is 3.06. The molecule has 0 aromatic heterocycles. The van der Waals surface area contributed by atoms with Crippen molar-refractivity contribution in [2.75, 3.05) is 18.5 Å². The fourth-order valence-corrected chi connectivity index (χ4v) is 2.09. The van der Waals surface area contributed by atoms with E-state index in [1.807, 2.05) is 32.0 Å². The number of para-hydroxylation sites is 1. The standard InChI is InChI=1S/C14H19NO4/c1-14(2)10-6-5-7-11(18-9-4-3-8-16)12(10)15-13(17)19-14/h5-7,16H,3-4,8-9H2,1-2H3,(H,15,17). The van der Waals surface area contributed by atoms with Gasteiger partial charge in [-0.15, -0.1) is 0 Å². The molecule has 0 bridgehead atoms. The summed E-state index contributed by atoms with van der Waals surface area (Å²) < 4.78 is 10.9. The number of hydrogen-bond acceptors (Lipinski definition) is 4. The second kappa shape index (κ2) is 5.48. The molecule has 1 heterocycles. The van der Waals surface area contributed by atoms with Crippen molar-refractivity contribution < 1.29 is 19.4 Å². The van der Waals surface area contributed by atoms with Gasteiger partial charge in [0.05, 0.1) is 12.3 Å². The van der Waals surface area contributed by atoms with Crippen LogP contribution in [0.15, 0.2) is 18.2 Å². The minimum atomic E-state index is -0.665. The lowest BCUT2D eigenvalue weighted by atomic mass is 9.94. The maximum absolute atomic E-state index is 11.5. The van der Waals surface area contributed by atoms with Crippen molar-refractivity contribution in [2.45, 2.75) is 32.3 Å². The molecule has 5 heteroatoms. The molecule has 0 radical (unpaired) electrons. The van der Waals surface area contributed by atoms with E-state index in [1.165, 1.54) is 0 Å². The lowest BCUT2D eigenvalue weighted by Crippen LogP contribution is -2.34. The normalized spacial score (nSPS) is 16.3. The van der Waals surface area contributed by atoms with Crippen molar-refractivity contribution in [1.29, 1.82) is 0 Å². The first-order chi connectivity index (χ1) is 9.04. The van der Waals surface area contributed by atoms with E-state index in [0.717, 1.165) is 12.0 Å². The largest absolute Gasteiger partial charge is 0.491 e. The number of ether oxygens (including phenoxy) is 2. The minimum absolute atomic E-state index is 0.161. The third kappa shape index (κ3) is 2.98. The summed E-state index contributed by atoms with van der Waals surface area (Å²) in [6, 6.07) is 5.61. The molecule has 0 unspecified atom stereocenters. The number of rotatable bonds is 5. The Bertz CT molecular complexity index is 471. The minimum Gasteiger partial charge on any atom is -0.491 e. The molecule has 0 spiro atoms. The Kier molecular flexibility index (Phi) is 3.95. The molecule has 1 aliphatic rings. The highest BCUT2D eigenvalue weighted by molar-refractivity contribution is 5.91. The molecular weight excluding hydrogens is 246 g/mol. The van der Waals surface area contributed by atoms with Crippen LogP contribution in [0, 0.1) is 0 Å². The smallest absolute Gasteiger partial charge is 0.412 e. The van der Waals surface area contributed by atoms with Crippen LogP contribution in [0.2, 0.25) is 0 Å². The van der Waals surface area contributed by atoms with E-state index in [0.29, 0.717) is 24.5 Å². The number of unbranched alkanes of at least 4 members (excludes halogenated alkanes) is 1. The van der Waals surface area contributed by atoms with Crippen LogP contribution in [0.4, 0.5) is 10.5 Å². The topological polar surface area (TPSA) is 67.8 Å². The Hall–Kier alpha value is -1.75. The maximum Gasteiger partial charge on any atom is 0.412 e. The molecule has 1 aromatic carbocycles. The quantitative estimate of drug-likeness (QED) is 0.803. The maximum atomic E-state index is 11.5. The average molecular weight is 265 g/mol. The van der Waals surface area contributed by atoms with Crippen LogP contribution in [0.25, 0.3) is 0 Å². The number of aliphatic hydroxyl groups is 1. The van der Waals surface area contributed by atoms with Gasteiger partial charge >= 0.3 is 6.09 Å². The molecular formula is C14H19NO4. The summed E-state index contributed by atoms with van der Waals surface area (Å²) in [6.45, 7) is 4.36. The number of aliphatic hydroxyl groups excluding tert-OH is 1. The van der Waals surface area contributed by atoms with E-state index in [9.17, 15) is 4.79 Å². The number of hydrogen-bond donors (Lipinski definition) is 2. The highest BCUT2D eigenvalue weighted by atomic mass is 16.6. The third-order valence-corrected chi connectivity index (χ3v) is 3.06. The van der Waals surface area contributed by atoms with E-state index >= 15 is 0 Å². The highest BCUT2D eigenvalue weighted by Gasteiger charge is 2.34. The SMILES string of the molecule is CC1(C)OC(=O)Nc2c(OCCCCO)cccc21. The summed E-state index contributed by atoms with van der Waals surface area (Å²) in [6.07, 6.45) is 1.01. The Morgan fingerprint density at radius 3 is 2.89 bits per heavy atom. The number of cyclic esters (lactones) is 1. The first-order valence-corrected chi connectivity index (χ1v) is 6.42. The fourth-order valence-electron chi connectivity index (χ4n) is 2.09. The Balaban J connectivity index is 2.20. The molecule has 2 N–H and O–H groups in total. The summed E-state index contributed by atoms with van der Waals surface area (Å²) in [5.74, 6) is 0.639. The Morgan fingerprint density at radius 1 is 1.37 bits per heavy atom. The summed E-state index contributed by atoms with van der Waals surface area (Å²) in [5, 5.41) is 11.4. The summed E-state index contributed by atoms with van der Waals surface area (Å²) in [4.78, 5) is 11.5. The predicted molar refractivity (Wildman–Crippen MR) is 71.4 cm³/mol.